The number of benzene rings is 3. The Kier molecular flexibility index (Phi) is 19.9. The van der Waals surface area contributed by atoms with E-state index in [0.717, 1.165) is 16.7 Å². The van der Waals surface area contributed by atoms with E-state index >= 15 is 0 Å². The number of rotatable bonds is 17. The maximum Gasteiger partial charge on any atom is 0.244 e. The average molecular weight is 1030 g/mol. The number of carbonyl (C=O) groups is 6. The zero-order valence-electron chi connectivity index (χ0n) is 39.8. The number of carbonyl (C=O) groups excluding carboxylic acids is 6. The SMILES string of the molecule is CC(C)(C)SC[C@H]1NC(=O)[C@H](CSC(c2ccccc2)(c2ccccc2)c2ccccc2)NC1=O.CC(C)(C)SC[C@H]1NC(=O)[C@H](CSSC[C@@H]2NC(=O)[C@@H](CSC(C)(C)C)NC2=O)NC1=O. The highest BCUT2D eigenvalue weighted by atomic mass is 33.1. The Morgan fingerprint density at radius 1 is 0.328 bits per heavy atom. The number of hydrogen-bond acceptors (Lipinski definition) is 12. The van der Waals surface area contributed by atoms with Crippen molar-refractivity contribution in [1.29, 1.82) is 0 Å². The van der Waals surface area contributed by atoms with Gasteiger partial charge in [0.25, 0.3) is 0 Å². The third kappa shape index (κ3) is 16.6. The van der Waals surface area contributed by atoms with Crippen LogP contribution in [0.2, 0.25) is 0 Å². The summed E-state index contributed by atoms with van der Waals surface area (Å²) >= 11 is 6.62. The molecular formula is C49H66N6O6S6. The van der Waals surface area contributed by atoms with Crippen LogP contribution in [-0.2, 0) is 33.5 Å². The lowest BCUT2D eigenvalue weighted by atomic mass is 9.84. The fraction of sp³-hybridized carbons (Fsp3) is 0.510. The Labute approximate surface area is 421 Å². The predicted molar refractivity (Wildman–Crippen MR) is 285 cm³/mol. The van der Waals surface area contributed by atoms with Gasteiger partial charge in [-0.1, -0.05) is 175 Å². The maximum absolute atomic E-state index is 13.1. The number of hydrogen-bond donors (Lipinski definition) is 6. The second-order valence-electron chi connectivity index (χ2n) is 19.3. The summed E-state index contributed by atoms with van der Waals surface area (Å²) in [6.45, 7) is 18.7. The molecule has 3 fully saturated rings. The number of amides is 6. The van der Waals surface area contributed by atoms with Crippen LogP contribution in [0.1, 0.15) is 79.0 Å². The van der Waals surface area contributed by atoms with Crippen molar-refractivity contribution in [2.45, 2.75) is 118 Å². The molecule has 0 unspecified atom stereocenters. The van der Waals surface area contributed by atoms with Gasteiger partial charge in [-0.2, -0.15) is 35.3 Å². The van der Waals surface area contributed by atoms with Gasteiger partial charge in [-0.15, -0.1) is 11.8 Å². The van der Waals surface area contributed by atoms with Gasteiger partial charge < -0.3 is 31.9 Å². The van der Waals surface area contributed by atoms with Gasteiger partial charge >= 0.3 is 0 Å². The van der Waals surface area contributed by atoms with Crippen LogP contribution in [0.5, 0.6) is 0 Å². The molecule has 3 aliphatic rings. The maximum atomic E-state index is 13.1. The molecule has 0 aromatic heterocycles. The van der Waals surface area contributed by atoms with Crippen LogP contribution in [0.15, 0.2) is 91.0 Å². The lowest BCUT2D eigenvalue weighted by Gasteiger charge is -2.37. The molecule has 0 aliphatic carbocycles. The standard InChI is InChI=1S/C29H32N2O2S2.C20H34N4O4S4/c1-28(2,3)34-19-24-26(32)31-25(27(33)30-24)20-35-29(21-13-7-4-8-14-21,22-15-9-5-10-16-22)23-17-11-6-12-18-23;1-19(2,3)29-7-11-15(25)23-13(17(27)21-11)9-31-32-10-14-18(28)22-12(16(26)24-14)8-30-20(4,5)6/h4-18,24-25H,19-20H2,1-3H3,(H,30,33)(H,31,32);11-14H,7-10H2,1-6H3,(H,21,27)(H,22,28)(H,23,25)(H,24,26)/t24-,25+;11-,12-,13+,14+/m11/s1. The molecule has 67 heavy (non-hydrogen) atoms. The number of nitrogens with one attached hydrogen (secondary N) is 6. The summed E-state index contributed by atoms with van der Waals surface area (Å²) in [4.78, 5) is 75.2. The third-order valence-electron chi connectivity index (χ3n) is 10.4. The molecule has 0 saturated carbocycles. The second kappa shape index (κ2) is 24.4. The molecule has 0 radical (unpaired) electrons. The van der Waals surface area contributed by atoms with Gasteiger partial charge in [0, 0.05) is 48.8 Å². The lowest BCUT2D eigenvalue weighted by Crippen LogP contribution is -2.63. The van der Waals surface area contributed by atoms with E-state index in [1.54, 1.807) is 47.0 Å². The lowest BCUT2D eigenvalue weighted by molar-refractivity contribution is -0.135. The van der Waals surface area contributed by atoms with Crippen molar-refractivity contribution in [3.8, 4) is 0 Å². The molecule has 3 heterocycles. The van der Waals surface area contributed by atoms with Crippen molar-refractivity contribution in [2.75, 3.05) is 34.5 Å². The van der Waals surface area contributed by atoms with Crippen LogP contribution in [0, 0.1) is 0 Å². The van der Waals surface area contributed by atoms with E-state index < -0.39 is 41.0 Å². The van der Waals surface area contributed by atoms with E-state index in [0.29, 0.717) is 34.5 Å². The van der Waals surface area contributed by atoms with Crippen LogP contribution in [0.25, 0.3) is 0 Å². The number of piperazine rings is 3. The predicted octanol–water partition coefficient (Wildman–Crippen LogP) is 6.62. The minimum absolute atomic E-state index is 0.0145. The van der Waals surface area contributed by atoms with Gasteiger partial charge in [-0.3, -0.25) is 28.8 Å². The van der Waals surface area contributed by atoms with E-state index in [1.807, 2.05) is 54.6 Å². The van der Waals surface area contributed by atoms with E-state index in [-0.39, 0.29) is 49.7 Å². The van der Waals surface area contributed by atoms with Crippen molar-refractivity contribution in [2.24, 2.45) is 0 Å². The molecule has 6 rings (SSSR count). The summed E-state index contributed by atoms with van der Waals surface area (Å²) in [5.74, 6) is 1.85. The first-order valence-corrected chi connectivity index (χ1v) is 28.8. The quantitative estimate of drug-likeness (QED) is 0.0485. The Hall–Kier alpha value is -3.42. The molecule has 3 aromatic carbocycles. The highest BCUT2D eigenvalue weighted by Crippen LogP contribution is 2.48. The molecular weight excluding hydrogens is 961 g/mol. The monoisotopic (exact) mass is 1030 g/mol. The third-order valence-corrected chi connectivity index (χ3v) is 18.6. The molecule has 6 atom stereocenters. The second-order valence-corrected chi connectivity index (χ2v) is 28.6. The highest BCUT2D eigenvalue weighted by molar-refractivity contribution is 8.76. The minimum atomic E-state index is -0.607. The number of thioether (sulfide) groups is 4. The summed E-state index contributed by atoms with van der Waals surface area (Å²) in [7, 11) is 2.79. The summed E-state index contributed by atoms with van der Waals surface area (Å²) in [6, 6.07) is 27.7. The molecule has 0 bridgehead atoms. The van der Waals surface area contributed by atoms with Crippen molar-refractivity contribution >= 4 is 104 Å². The fourth-order valence-electron chi connectivity index (χ4n) is 6.94. The summed E-state index contributed by atoms with van der Waals surface area (Å²) in [5.41, 5.74) is 3.39. The topological polar surface area (TPSA) is 175 Å². The van der Waals surface area contributed by atoms with Crippen LogP contribution < -0.4 is 31.9 Å². The molecule has 6 N–H and O–H groups in total. The molecule has 364 valence electrons. The van der Waals surface area contributed by atoms with Gasteiger partial charge in [0.1, 0.15) is 36.3 Å². The fourth-order valence-corrected chi connectivity index (χ4v) is 13.5. The highest BCUT2D eigenvalue weighted by Gasteiger charge is 2.41. The molecule has 3 saturated heterocycles. The van der Waals surface area contributed by atoms with Crippen LogP contribution >= 0.6 is 68.6 Å². The molecule has 6 amide bonds. The van der Waals surface area contributed by atoms with E-state index in [1.165, 1.54) is 21.6 Å². The Bertz CT molecular complexity index is 2000. The van der Waals surface area contributed by atoms with Crippen molar-refractivity contribution < 1.29 is 28.8 Å². The minimum Gasteiger partial charge on any atom is -0.342 e. The first kappa shape index (κ1) is 54.5. The smallest absolute Gasteiger partial charge is 0.244 e. The van der Waals surface area contributed by atoms with Crippen LogP contribution in [-0.4, -0.2) is 120 Å². The van der Waals surface area contributed by atoms with E-state index in [4.69, 9.17) is 0 Å². The van der Waals surface area contributed by atoms with Crippen molar-refractivity contribution in [1.82, 2.24) is 31.9 Å². The Morgan fingerprint density at radius 2 is 0.537 bits per heavy atom. The van der Waals surface area contributed by atoms with Gasteiger partial charge in [-0.05, 0) is 16.7 Å². The van der Waals surface area contributed by atoms with Crippen molar-refractivity contribution in [3.63, 3.8) is 0 Å². The normalized spacial score (nSPS) is 22.5. The first-order valence-electron chi connectivity index (χ1n) is 22.3. The van der Waals surface area contributed by atoms with Gasteiger partial charge in [0.15, 0.2) is 0 Å². The zero-order valence-corrected chi connectivity index (χ0v) is 44.7. The Morgan fingerprint density at radius 3 is 0.761 bits per heavy atom. The van der Waals surface area contributed by atoms with Gasteiger partial charge in [0.2, 0.25) is 35.4 Å². The van der Waals surface area contributed by atoms with Crippen LogP contribution in [0.4, 0.5) is 0 Å². The van der Waals surface area contributed by atoms with E-state index in [2.05, 4.69) is 131 Å². The van der Waals surface area contributed by atoms with Gasteiger partial charge in [-0.25, -0.2) is 0 Å². The first-order chi connectivity index (χ1) is 31.5. The molecule has 18 heteroatoms. The molecule has 0 spiro atoms. The molecule has 3 aromatic rings. The Balaban J connectivity index is 0.000000252. The summed E-state index contributed by atoms with van der Waals surface area (Å²) < 4.78 is -0.479. The molecule has 12 nitrogen and oxygen atoms in total. The average Bonchev–Trinajstić information content (AvgIpc) is 3.27. The van der Waals surface area contributed by atoms with E-state index in [9.17, 15) is 28.8 Å². The largest absolute Gasteiger partial charge is 0.342 e. The van der Waals surface area contributed by atoms with Gasteiger partial charge in [0.05, 0.1) is 4.75 Å². The van der Waals surface area contributed by atoms with Crippen LogP contribution in [0.3, 0.4) is 0 Å². The zero-order chi connectivity index (χ0) is 49.0. The van der Waals surface area contributed by atoms with Crippen molar-refractivity contribution in [3.05, 3.63) is 108 Å². The summed E-state index contributed by atoms with van der Waals surface area (Å²) in [5, 5.41) is 17.1. The molecule has 3 aliphatic heterocycles. The summed E-state index contributed by atoms with van der Waals surface area (Å²) in [6.07, 6.45) is 0.